The van der Waals surface area contributed by atoms with E-state index < -0.39 is 0 Å². The van der Waals surface area contributed by atoms with E-state index in [0.29, 0.717) is 5.82 Å². The van der Waals surface area contributed by atoms with Gasteiger partial charge in [-0.3, -0.25) is 0 Å². The van der Waals surface area contributed by atoms with Crippen LogP contribution in [0.5, 0.6) is 0 Å². The first-order chi connectivity index (χ1) is 10.9. The lowest BCUT2D eigenvalue weighted by Gasteiger charge is -2.11. The Morgan fingerprint density at radius 3 is 2.00 bits per heavy atom. The van der Waals surface area contributed by atoms with Gasteiger partial charge in [0.05, 0.1) is 5.69 Å². The van der Waals surface area contributed by atoms with E-state index in [9.17, 15) is 0 Å². The molecule has 3 aromatic rings. The Morgan fingerprint density at radius 1 is 0.652 bits per heavy atom. The fraction of sp³-hybridized carbons (Fsp3) is 0.250. The largest absolute Gasteiger partial charge is 0.244 e. The summed E-state index contributed by atoms with van der Waals surface area (Å²) in [5.41, 5.74) is 8.48. The highest BCUT2D eigenvalue weighted by molar-refractivity contribution is 5.68. The Kier molecular flexibility index (Phi) is 3.95. The lowest BCUT2D eigenvalue weighted by Crippen LogP contribution is -2.00. The van der Waals surface area contributed by atoms with E-state index in [4.69, 9.17) is 4.98 Å². The first kappa shape index (κ1) is 15.3. The number of aryl methyl sites for hydroxylation is 5. The van der Waals surface area contributed by atoms with E-state index in [1.54, 1.807) is 0 Å². The molecule has 3 heteroatoms. The van der Waals surface area contributed by atoms with Gasteiger partial charge in [0.15, 0.2) is 5.82 Å². The number of rotatable bonds is 2. The van der Waals surface area contributed by atoms with Crippen molar-refractivity contribution in [3.05, 3.63) is 64.5 Å². The zero-order valence-electron chi connectivity index (χ0n) is 14.3. The number of hydrogen-bond acceptors (Lipinski definition) is 3. The molecule has 0 amide bonds. The molecule has 0 atom stereocenters. The molecule has 0 N–H and O–H groups in total. The van der Waals surface area contributed by atoms with Crippen LogP contribution in [0.25, 0.3) is 22.8 Å². The van der Waals surface area contributed by atoms with Gasteiger partial charge in [-0.2, -0.15) is 0 Å². The quantitative estimate of drug-likeness (QED) is 0.686. The molecule has 0 aliphatic heterocycles. The topological polar surface area (TPSA) is 38.7 Å². The van der Waals surface area contributed by atoms with Gasteiger partial charge in [-0.1, -0.05) is 29.8 Å². The molecule has 0 fully saturated rings. The third-order valence-electron chi connectivity index (χ3n) is 3.95. The Balaban J connectivity index is 2.16. The van der Waals surface area contributed by atoms with Gasteiger partial charge in [-0.15, -0.1) is 0 Å². The Morgan fingerprint density at radius 2 is 1.35 bits per heavy atom. The second-order valence-corrected chi connectivity index (χ2v) is 6.15. The summed E-state index contributed by atoms with van der Waals surface area (Å²) < 4.78 is 0. The van der Waals surface area contributed by atoms with Crippen LogP contribution in [0.3, 0.4) is 0 Å². The maximum absolute atomic E-state index is 4.86. The number of hydrogen-bond donors (Lipinski definition) is 0. The van der Waals surface area contributed by atoms with Crippen molar-refractivity contribution in [1.29, 1.82) is 0 Å². The van der Waals surface area contributed by atoms with Crippen LogP contribution in [-0.2, 0) is 0 Å². The van der Waals surface area contributed by atoms with E-state index in [1.165, 1.54) is 11.1 Å². The Bertz CT molecular complexity index is 862. The van der Waals surface area contributed by atoms with Crippen molar-refractivity contribution >= 4 is 0 Å². The van der Waals surface area contributed by atoms with Gasteiger partial charge in [0, 0.05) is 17.0 Å². The first-order valence-corrected chi connectivity index (χ1v) is 7.82. The lowest BCUT2D eigenvalue weighted by atomic mass is 10.0. The highest BCUT2D eigenvalue weighted by Crippen LogP contribution is 2.26. The van der Waals surface area contributed by atoms with Gasteiger partial charge in [-0.05, 0) is 57.9 Å². The maximum atomic E-state index is 4.86. The van der Waals surface area contributed by atoms with Crippen molar-refractivity contribution in [3.8, 4) is 22.8 Å². The van der Waals surface area contributed by atoms with Crippen LogP contribution >= 0.6 is 0 Å². The van der Waals surface area contributed by atoms with Crippen LogP contribution < -0.4 is 0 Å². The highest BCUT2D eigenvalue weighted by Gasteiger charge is 2.11. The molecular formula is C20H21N3. The van der Waals surface area contributed by atoms with Crippen molar-refractivity contribution in [3.63, 3.8) is 0 Å². The predicted octanol–water partition coefficient (Wildman–Crippen LogP) is 4.75. The smallest absolute Gasteiger partial charge is 0.178 e. The summed E-state index contributed by atoms with van der Waals surface area (Å²) in [4.78, 5) is 14.0. The molecule has 2 aromatic heterocycles. The van der Waals surface area contributed by atoms with Crippen LogP contribution in [-0.4, -0.2) is 15.0 Å². The summed E-state index contributed by atoms with van der Waals surface area (Å²) in [5.74, 6) is 0.701. The van der Waals surface area contributed by atoms with E-state index in [-0.39, 0.29) is 0 Å². The van der Waals surface area contributed by atoms with Gasteiger partial charge < -0.3 is 0 Å². The molecule has 1 aromatic carbocycles. The van der Waals surface area contributed by atoms with Crippen molar-refractivity contribution < 1.29 is 0 Å². The molecule has 3 rings (SSSR count). The van der Waals surface area contributed by atoms with Gasteiger partial charge >= 0.3 is 0 Å². The lowest BCUT2D eigenvalue weighted by molar-refractivity contribution is 1.04. The zero-order valence-corrected chi connectivity index (χ0v) is 14.3. The highest BCUT2D eigenvalue weighted by atomic mass is 14.9. The van der Waals surface area contributed by atoms with Crippen molar-refractivity contribution in [2.75, 3.05) is 0 Å². The monoisotopic (exact) mass is 303 g/mol. The molecule has 0 bridgehead atoms. The van der Waals surface area contributed by atoms with Gasteiger partial charge in [0.2, 0.25) is 0 Å². The third kappa shape index (κ3) is 3.14. The predicted molar refractivity (Wildman–Crippen MR) is 94.4 cm³/mol. The number of aromatic nitrogens is 3. The van der Waals surface area contributed by atoms with Gasteiger partial charge in [0.25, 0.3) is 0 Å². The summed E-state index contributed by atoms with van der Waals surface area (Å²) in [6.45, 7) is 10.3. The first-order valence-electron chi connectivity index (χ1n) is 7.82. The second-order valence-electron chi connectivity index (χ2n) is 6.15. The van der Waals surface area contributed by atoms with Crippen LogP contribution in [0.2, 0.25) is 0 Å². The third-order valence-corrected chi connectivity index (χ3v) is 3.95. The van der Waals surface area contributed by atoms with Crippen molar-refractivity contribution in [2.24, 2.45) is 0 Å². The SMILES string of the molecule is Cc1ccc(-c2ccc(C)c(-c3nc(C)cc(C)n3)n2)c(C)c1. The molecule has 0 aliphatic rings. The average molecular weight is 303 g/mol. The molecule has 0 saturated heterocycles. The molecule has 0 spiro atoms. The summed E-state index contributed by atoms with van der Waals surface area (Å²) in [5, 5.41) is 0. The zero-order chi connectivity index (χ0) is 16.6. The van der Waals surface area contributed by atoms with Crippen LogP contribution in [0.15, 0.2) is 36.4 Å². The van der Waals surface area contributed by atoms with Crippen LogP contribution in [0.1, 0.15) is 28.1 Å². The summed E-state index contributed by atoms with van der Waals surface area (Å²) in [7, 11) is 0. The molecule has 116 valence electrons. The molecule has 0 unspecified atom stereocenters. The molecule has 23 heavy (non-hydrogen) atoms. The average Bonchev–Trinajstić information content (AvgIpc) is 2.47. The molecule has 0 aliphatic carbocycles. The van der Waals surface area contributed by atoms with Crippen molar-refractivity contribution in [1.82, 2.24) is 15.0 Å². The maximum Gasteiger partial charge on any atom is 0.178 e. The van der Waals surface area contributed by atoms with E-state index in [1.807, 2.05) is 19.9 Å². The number of nitrogens with zero attached hydrogens (tertiary/aromatic N) is 3. The minimum Gasteiger partial charge on any atom is -0.244 e. The Labute approximate surface area is 137 Å². The van der Waals surface area contributed by atoms with E-state index in [2.05, 4.69) is 61.1 Å². The number of benzene rings is 1. The van der Waals surface area contributed by atoms with E-state index in [0.717, 1.165) is 33.9 Å². The molecule has 0 saturated carbocycles. The molecular weight excluding hydrogens is 282 g/mol. The molecule has 0 radical (unpaired) electrons. The van der Waals surface area contributed by atoms with E-state index >= 15 is 0 Å². The summed E-state index contributed by atoms with van der Waals surface area (Å²) in [6.07, 6.45) is 0. The summed E-state index contributed by atoms with van der Waals surface area (Å²) >= 11 is 0. The van der Waals surface area contributed by atoms with Crippen LogP contribution in [0, 0.1) is 34.6 Å². The molecule has 2 heterocycles. The van der Waals surface area contributed by atoms with Crippen molar-refractivity contribution in [2.45, 2.75) is 34.6 Å². The molecule has 3 nitrogen and oxygen atoms in total. The summed E-state index contributed by atoms with van der Waals surface area (Å²) in [6, 6.07) is 12.6. The minimum absolute atomic E-state index is 0.701. The second kappa shape index (κ2) is 5.92. The van der Waals surface area contributed by atoms with Gasteiger partial charge in [-0.25, -0.2) is 15.0 Å². The van der Waals surface area contributed by atoms with Gasteiger partial charge in [0.1, 0.15) is 5.69 Å². The normalized spacial score (nSPS) is 10.8. The fourth-order valence-corrected chi connectivity index (χ4v) is 2.84. The fourth-order valence-electron chi connectivity index (χ4n) is 2.84. The van der Waals surface area contributed by atoms with Crippen LogP contribution in [0.4, 0.5) is 0 Å². The Hall–Kier alpha value is -2.55. The standard InChI is InChI=1S/C20H21N3/c1-12-6-8-17(14(3)10-12)18-9-7-13(2)19(23-18)20-21-15(4)11-16(5)22-20/h6-11H,1-5H3. The number of pyridine rings is 1. The minimum atomic E-state index is 0.701.